The third kappa shape index (κ3) is 5.35. The number of nitrogens with one attached hydrogen (secondary N) is 2. The number of anilines is 2. The zero-order valence-electron chi connectivity index (χ0n) is 12.9. The Morgan fingerprint density at radius 1 is 1.17 bits per heavy atom. The van der Waals surface area contributed by atoms with Crippen molar-refractivity contribution in [1.29, 1.82) is 5.26 Å². The Bertz CT molecular complexity index is 767. The monoisotopic (exact) mass is 362 g/mol. The molecule has 0 aliphatic carbocycles. The second-order valence-electron chi connectivity index (χ2n) is 5.05. The van der Waals surface area contributed by atoms with Gasteiger partial charge in [0.25, 0.3) is 0 Å². The fourth-order valence-electron chi connectivity index (χ4n) is 1.94. The minimum atomic E-state index is -0.282. The Morgan fingerprint density at radius 3 is 2.42 bits per heavy atom. The Hall–Kier alpha value is -2.40. The Morgan fingerprint density at radius 2 is 1.79 bits per heavy atom. The molecule has 0 aliphatic heterocycles. The van der Waals surface area contributed by atoms with Gasteiger partial charge in [-0.15, -0.1) is 11.3 Å². The molecule has 0 spiro atoms. The van der Waals surface area contributed by atoms with Gasteiger partial charge in [0.2, 0.25) is 11.8 Å². The molecule has 24 heavy (non-hydrogen) atoms. The summed E-state index contributed by atoms with van der Waals surface area (Å²) in [7, 11) is 1.67. The Balaban J connectivity index is 1.80. The van der Waals surface area contributed by atoms with Crippen molar-refractivity contribution in [2.45, 2.75) is 0 Å². The van der Waals surface area contributed by atoms with Gasteiger partial charge in [0.15, 0.2) is 0 Å². The van der Waals surface area contributed by atoms with Crippen LogP contribution in [-0.2, 0) is 9.59 Å². The minimum Gasteiger partial charge on any atom is -0.325 e. The van der Waals surface area contributed by atoms with E-state index in [1.165, 1.54) is 11.3 Å². The summed E-state index contributed by atoms with van der Waals surface area (Å²) >= 11 is 7.07. The quantitative estimate of drug-likeness (QED) is 0.827. The summed E-state index contributed by atoms with van der Waals surface area (Å²) in [4.78, 5) is 25.5. The first-order valence-corrected chi connectivity index (χ1v) is 8.25. The third-order valence-electron chi connectivity index (χ3n) is 2.99. The van der Waals surface area contributed by atoms with E-state index in [0.717, 1.165) is 0 Å². The molecule has 0 bridgehead atoms. The number of carbonyl (C=O) groups excluding carboxylic acids is 2. The molecule has 6 nitrogen and oxygen atoms in total. The Labute approximate surface area is 148 Å². The normalized spacial score (nSPS) is 10.2. The van der Waals surface area contributed by atoms with E-state index in [0.29, 0.717) is 21.3 Å². The molecule has 8 heteroatoms. The van der Waals surface area contributed by atoms with Crippen LogP contribution in [0.15, 0.2) is 35.7 Å². The summed E-state index contributed by atoms with van der Waals surface area (Å²) in [5.74, 6) is -0.516. The topological polar surface area (TPSA) is 85.2 Å². The van der Waals surface area contributed by atoms with Gasteiger partial charge in [-0.05, 0) is 42.8 Å². The van der Waals surface area contributed by atoms with Gasteiger partial charge >= 0.3 is 0 Å². The number of nitrogens with zero attached hydrogens (tertiary/aromatic N) is 2. The molecule has 0 unspecified atom stereocenters. The minimum absolute atomic E-state index is 0.0385. The van der Waals surface area contributed by atoms with Gasteiger partial charge in [-0.2, -0.15) is 5.26 Å². The molecule has 0 atom stereocenters. The first kappa shape index (κ1) is 17.9. The van der Waals surface area contributed by atoms with Gasteiger partial charge < -0.3 is 10.6 Å². The van der Waals surface area contributed by atoms with E-state index >= 15 is 0 Å². The van der Waals surface area contributed by atoms with Crippen molar-refractivity contribution >= 4 is 45.4 Å². The number of amides is 2. The van der Waals surface area contributed by atoms with Crippen LogP contribution >= 0.6 is 22.9 Å². The first-order chi connectivity index (χ1) is 11.5. The van der Waals surface area contributed by atoms with Crippen molar-refractivity contribution in [2.75, 3.05) is 30.8 Å². The molecule has 0 aliphatic rings. The summed E-state index contributed by atoms with van der Waals surface area (Å²) < 4.78 is 0. The number of hydrogen-bond acceptors (Lipinski definition) is 5. The van der Waals surface area contributed by atoms with Crippen molar-refractivity contribution in [1.82, 2.24) is 4.90 Å². The van der Waals surface area contributed by atoms with Gasteiger partial charge in [-0.1, -0.05) is 11.6 Å². The van der Waals surface area contributed by atoms with Crippen molar-refractivity contribution in [3.05, 3.63) is 46.3 Å². The maximum Gasteiger partial charge on any atom is 0.239 e. The highest BCUT2D eigenvalue weighted by atomic mass is 35.5. The van der Waals surface area contributed by atoms with Crippen LogP contribution in [-0.4, -0.2) is 36.9 Å². The van der Waals surface area contributed by atoms with Crippen LogP contribution in [0.25, 0.3) is 0 Å². The van der Waals surface area contributed by atoms with E-state index in [1.54, 1.807) is 47.7 Å². The van der Waals surface area contributed by atoms with Crippen molar-refractivity contribution in [3.8, 4) is 6.07 Å². The van der Waals surface area contributed by atoms with Crippen molar-refractivity contribution in [3.63, 3.8) is 0 Å². The molecule has 1 aromatic heterocycles. The maximum absolute atomic E-state index is 12.0. The summed E-state index contributed by atoms with van der Waals surface area (Å²) in [6, 6.07) is 10.4. The number of carbonyl (C=O) groups is 2. The maximum atomic E-state index is 12.0. The van der Waals surface area contributed by atoms with E-state index in [9.17, 15) is 9.59 Å². The number of halogens is 1. The highest BCUT2D eigenvalue weighted by Gasteiger charge is 2.13. The summed E-state index contributed by atoms with van der Waals surface area (Å²) in [5, 5.41) is 17.1. The van der Waals surface area contributed by atoms with E-state index in [-0.39, 0.29) is 24.9 Å². The number of nitriles is 1. The summed E-state index contributed by atoms with van der Waals surface area (Å²) in [5.41, 5.74) is 1.07. The van der Waals surface area contributed by atoms with Crippen LogP contribution in [0.1, 0.15) is 5.56 Å². The lowest BCUT2D eigenvalue weighted by molar-refractivity contribution is -0.119. The number of hydrogen-bond donors (Lipinski definition) is 2. The number of thiophene rings is 1. The predicted octanol–water partition coefficient (Wildman–Crippen LogP) is 2.78. The van der Waals surface area contributed by atoms with Gasteiger partial charge in [-0.3, -0.25) is 14.5 Å². The largest absolute Gasteiger partial charge is 0.325 e. The molecule has 2 rings (SSSR count). The average Bonchev–Trinajstić information content (AvgIpc) is 2.96. The molecule has 2 aromatic rings. The molecule has 1 heterocycles. The fourth-order valence-corrected chi connectivity index (χ4v) is 2.82. The SMILES string of the molecule is CN(CC(=O)Nc1ccc(Cl)cc1)CC(=O)Nc1sccc1C#N. The third-order valence-corrected chi connectivity index (χ3v) is 4.08. The zero-order chi connectivity index (χ0) is 17.5. The van der Waals surface area contributed by atoms with Crippen LogP contribution in [0.2, 0.25) is 5.02 Å². The van der Waals surface area contributed by atoms with Crippen LogP contribution in [0.5, 0.6) is 0 Å². The average molecular weight is 363 g/mol. The predicted molar refractivity (Wildman–Crippen MR) is 95.2 cm³/mol. The highest BCUT2D eigenvalue weighted by molar-refractivity contribution is 7.14. The van der Waals surface area contributed by atoms with Gasteiger partial charge in [0.1, 0.15) is 11.1 Å². The standard InChI is InChI=1S/C16H15ClN4O2S/c1-21(9-14(22)19-13-4-2-12(17)3-5-13)10-15(23)20-16-11(8-18)6-7-24-16/h2-7H,9-10H2,1H3,(H,19,22)(H,20,23). The lowest BCUT2D eigenvalue weighted by Crippen LogP contribution is -2.36. The first-order valence-electron chi connectivity index (χ1n) is 6.99. The second kappa shape index (κ2) is 8.45. The number of rotatable bonds is 6. The molecule has 0 fully saturated rings. The van der Waals surface area contributed by atoms with E-state index < -0.39 is 0 Å². The molecule has 2 amide bonds. The molecular weight excluding hydrogens is 348 g/mol. The molecule has 0 radical (unpaired) electrons. The van der Waals surface area contributed by atoms with Gasteiger partial charge in [0.05, 0.1) is 18.7 Å². The smallest absolute Gasteiger partial charge is 0.239 e. The second-order valence-corrected chi connectivity index (χ2v) is 6.40. The number of likely N-dealkylation sites (N-methyl/N-ethyl adjacent to an activating group) is 1. The molecule has 0 saturated heterocycles. The van der Waals surface area contributed by atoms with E-state index in [4.69, 9.17) is 16.9 Å². The fraction of sp³-hybridized carbons (Fsp3) is 0.188. The molecule has 124 valence electrons. The zero-order valence-corrected chi connectivity index (χ0v) is 14.4. The molecule has 1 aromatic carbocycles. The lowest BCUT2D eigenvalue weighted by atomic mass is 10.3. The molecular formula is C16H15ClN4O2S. The van der Waals surface area contributed by atoms with E-state index in [2.05, 4.69) is 10.6 Å². The summed E-state index contributed by atoms with van der Waals surface area (Å²) in [6.07, 6.45) is 0. The van der Waals surface area contributed by atoms with Crippen molar-refractivity contribution < 1.29 is 9.59 Å². The highest BCUT2D eigenvalue weighted by Crippen LogP contribution is 2.21. The lowest BCUT2D eigenvalue weighted by Gasteiger charge is -2.15. The van der Waals surface area contributed by atoms with Crippen molar-refractivity contribution in [2.24, 2.45) is 0 Å². The van der Waals surface area contributed by atoms with Crippen LogP contribution in [0.3, 0.4) is 0 Å². The molecule has 2 N–H and O–H groups in total. The van der Waals surface area contributed by atoms with Gasteiger partial charge in [0, 0.05) is 10.7 Å². The van der Waals surface area contributed by atoms with Gasteiger partial charge in [-0.25, -0.2) is 0 Å². The summed E-state index contributed by atoms with van der Waals surface area (Å²) in [6.45, 7) is 0.0996. The van der Waals surface area contributed by atoms with E-state index in [1.807, 2.05) is 6.07 Å². The van der Waals surface area contributed by atoms with Crippen LogP contribution in [0, 0.1) is 11.3 Å². The number of benzene rings is 1. The van der Waals surface area contributed by atoms with Crippen LogP contribution < -0.4 is 10.6 Å². The molecule has 0 saturated carbocycles. The Kier molecular flexibility index (Phi) is 6.32. The van der Waals surface area contributed by atoms with Crippen LogP contribution in [0.4, 0.5) is 10.7 Å².